The lowest BCUT2D eigenvalue weighted by Crippen LogP contribution is -2.23. The summed E-state index contributed by atoms with van der Waals surface area (Å²) in [6.45, 7) is 5.60. The molecule has 1 aromatic carbocycles. The molecule has 0 amide bonds. The first kappa shape index (κ1) is 15.5. The Morgan fingerprint density at radius 2 is 2.11 bits per heavy atom. The third-order valence-electron chi connectivity index (χ3n) is 2.94. The molecule has 18 heavy (non-hydrogen) atoms. The summed E-state index contributed by atoms with van der Waals surface area (Å²) in [5.74, 6) is 1.20. The second kappa shape index (κ2) is 7.77. The monoisotopic (exact) mass is 315 g/mol. The fourth-order valence-electron chi connectivity index (χ4n) is 1.69. The van der Waals surface area contributed by atoms with Crippen LogP contribution in [0.1, 0.15) is 25.8 Å². The fraction of sp³-hybridized carbons (Fsp3) is 0.571. The van der Waals surface area contributed by atoms with Crippen LogP contribution in [0.2, 0.25) is 0 Å². The first-order valence-electron chi connectivity index (χ1n) is 6.25. The average molecular weight is 316 g/mol. The van der Waals surface area contributed by atoms with Crippen LogP contribution >= 0.6 is 15.9 Å². The highest BCUT2D eigenvalue weighted by molar-refractivity contribution is 9.10. The van der Waals surface area contributed by atoms with Crippen molar-refractivity contribution in [3.8, 4) is 5.75 Å². The molecule has 0 saturated carbocycles. The summed E-state index contributed by atoms with van der Waals surface area (Å²) in [6.07, 6.45) is 0.537. The van der Waals surface area contributed by atoms with Crippen molar-refractivity contribution in [1.29, 1.82) is 0 Å². The van der Waals surface area contributed by atoms with Gasteiger partial charge in [-0.3, -0.25) is 0 Å². The van der Waals surface area contributed by atoms with Crippen LogP contribution < -0.4 is 10.1 Å². The minimum atomic E-state index is -0.234. The molecule has 0 radical (unpaired) electrons. The van der Waals surface area contributed by atoms with Crippen LogP contribution in [0.3, 0.4) is 0 Å². The van der Waals surface area contributed by atoms with Crippen LogP contribution in [0.4, 0.5) is 0 Å². The van der Waals surface area contributed by atoms with Crippen LogP contribution in [0.25, 0.3) is 0 Å². The van der Waals surface area contributed by atoms with Gasteiger partial charge >= 0.3 is 0 Å². The van der Waals surface area contributed by atoms with Gasteiger partial charge < -0.3 is 15.2 Å². The molecule has 1 atom stereocenters. The van der Waals surface area contributed by atoms with E-state index in [0.29, 0.717) is 5.92 Å². The maximum absolute atomic E-state index is 9.70. The van der Waals surface area contributed by atoms with E-state index < -0.39 is 0 Å². The van der Waals surface area contributed by atoms with E-state index in [1.54, 1.807) is 7.11 Å². The normalized spacial score (nSPS) is 12.8. The number of hydrogen-bond donors (Lipinski definition) is 2. The Hall–Kier alpha value is -0.580. The predicted molar refractivity (Wildman–Crippen MR) is 77.9 cm³/mol. The molecular weight excluding hydrogens is 294 g/mol. The molecule has 1 aromatic rings. The molecule has 0 fully saturated rings. The van der Waals surface area contributed by atoms with Gasteiger partial charge in [0.05, 0.1) is 13.2 Å². The predicted octanol–water partition coefficient (Wildman–Crippen LogP) is 2.95. The van der Waals surface area contributed by atoms with Crippen molar-refractivity contribution in [1.82, 2.24) is 5.32 Å². The number of rotatable bonds is 7. The molecule has 4 heteroatoms. The van der Waals surface area contributed by atoms with E-state index >= 15 is 0 Å². The zero-order valence-electron chi connectivity index (χ0n) is 11.2. The largest absolute Gasteiger partial charge is 0.496 e. The number of benzene rings is 1. The number of aliphatic hydroxyl groups excluding tert-OH is 1. The van der Waals surface area contributed by atoms with Crippen molar-refractivity contribution in [2.45, 2.75) is 32.9 Å². The summed E-state index contributed by atoms with van der Waals surface area (Å²) in [7, 11) is 1.68. The summed E-state index contributed by atoms with van der Waals surface area (Å²) in [4.78, 5) is 0. The third-order valence-corrected chi connectivity index (χ3v) is 3.44. The Bertz CT molecular complexity index is 369. The average Bonchev–Trinajstić information content (AvgIpc) is 2.34. The van der Waals surface area contributed by atoms with Crippen LogP contribution in [0.15, 0.2) is 22.7 Å². The maximum Gasteiger partial charge on any atom is 0.123 e. The lowest BCUT2D eigenvalue weighted by atomic mass is 10.0. The van der Waals surface area contributed by atoms with E-state index in [-0.39, 0.29) is 6.10 Å². The van der Waals surface area contributed by atoms with Crippen LogP contribution in [-0.4, -0.2) is 24.9 Å². The van der Waals surface area contributed by atoms with Crippen molar-refractivity contribution in [2.24, 2.45) is 5.92 Å². The SMILES string of the molecule is COc1ccc(Br)cc1CNCCC(O)C(C)C. The first-order valence-corrected chi connectivity index (χ1v) is 7.05. The molecule has 1 unspecified atom stereocenters. The van der Waals surface area contributed by atoms with Gasteiger partial charge in [-0.1, -0.05) is 29.8 Å². The Balaban J connectivity index is 2.41. The highest BCUT2D eigenvalue weighted by Crippen LogP contribution is 2.22. The number of nitrogens with one attached hydrogen (secondary N) is 1. The number of aliphatic hydroxyl groups is 1. The van der Waals surface area contributed by atoms with Gasteiger partial charge in [0.1, 0.15) is 5.75 Å². The maximum atomic E-state index is 9.70. The van der Waals surface area contributed by atoms with Crippen molar-refractivity contribution < 1.29 is 9.84 Å². The molecule has 0 aliphatic heterocycles. The molecule has 1 rings (SSSR count). The summed E-state index contributed by atoms with van der Waals surface area (Å²) < 4.78 is 6.35. The zero-order chi connectivity index (χ0) is 13.5. The van der Waals surface area contributed by atoms with Gasteiger partial charge in [0, 0.05) is 16.6 Å². The van der Waals surface area contributed by atoms with Gasteiger partial charge in [-0.05, 0) is 37.1 Å². The minimum absolute atomic E-state index is 0.234. The van der Waals surface area contributed by atoms with Crippen LogP contribution in [0.5, 0.6) is 5.75 Å². The Kier molecular flexibility index (Phi) is 6.68. The molecule has 0 heterocycles. The molecule has 0 aliphatic carbocycles. The highest BCUT2D eigenvalue weighted by Gasteiger charge is 2.08. The lowest BCUT2D eigenvalue weighted by molar-refractivity contribution is 0.116. The minimum Gasteiger partial charge on any atom is -0.496 e. The third kappa shape index (κ3) is 4.96. The lowest BCUT2D eigenvalue weighted by Gasteiger charge is -2.15. The molecule has 0 saturated heterocycles. The van der Waals surface area contributed by atoms with E-state index in [0.717, 1.165) is 35.3 Å². The van der Waals surface area contributed by atoms with Gasteiger partial charge in [-0.25, -0.2) is 0 Å². The molecule has 102 valence electrons. The molecule has 3 nitrogen and oxygen atoms in total. The van der Waals surface area contributed by atoms with Crippen molar-refractivity contribution in [3.05, 3.63) is 28.2 Å². The van der Waals surface area contributed by atoms with E-state index in [4.69, 9.17) is 4.74 Å². The molecule has 0 aliphatic rings. The van der Waals surface area contributed by atoms with E-state index in [1.165, 1.54) is 0 Å². The van der Waals surface area contributed by atoms with Crippen LogP contribution in [-0.2, 0) is 6.54 Å². The number of ether oxygens (including phenoxy) is 1. The smallest absolute Gasteiger partial charge is 0.123 e. The van der Waals surface area contributed by atoms with Gasteiger partial charge in [0.15, 0.2) is 0 Å². The van der Waals surface area contributed by atoms with Crippen molar-refractivity contribution >= 4 is 15.9 Å². The van der Waals surface area contributed by atoms with E-state index in [1.807, 2.05) is 32.0 Å². The Labute approximate surface area is 118 Å². The Morgan fingerprint density at radius 1 is 1.39 bits per heavy atom. The summed E-state index contributed by atoms with van der Waals surface area (Å²) in [6, 6.07) is 5.96. The summed E-state index contributed by atoms with van der Waals surface area (Å²) in [5.41, 5.74) is 1.12. The van der Waals surface area contributed by atoms with E-state index in [2.05, 4.69) is 21.2 Å². The number of hydrogen-bond acceptors (Lipinski definition) is 3. The first-order chi connectivity index (χ1) is 8.54. The van der Waals surface area contributed by atoms with E-state index in [9.17, 15) is 5.11 Å². The fourth-order valence-corrected chi connectivity index (χ4v) is 2.10. The molecule has 0 spiro atoms. The quantitative estimate of drug-likeness (QED) is 0.760. The van der Waals surface area contributed by atoms with Gasteiger partial charge in [0.25, 0.3) is 0 Å². The zero-order valence-corrected chi connectivity index (χ0v) is 12.8. The highest BCUT2D eigenvalue weighted by atomic mass is 79.9. The summed E-state index contributed by atoms with van der Waals surface area (Å²) >= 11 is 3.45. The van der Waals surface area contributed by atoms with Gasteiger partial charge in [-0.15, -0.1) is 0 Å². The second-order valence-electron chi connectivity index (χ2n) is 4.73. The molecule has 0 bridgehead atoms. The second-order valence-corrected chi connectivity index (χ2v) is 5.65. The van der Waals surface area contributed by atoms with Crippen molar-refractivity contribution in [2.75, 3.05) is 13.7 Å². The topological polar surface area (TPSA) is 41.5 Å². The van der Waals surface area contributed by atoms with Gasteiger partial charge in [-0.2, -0.15) is 0 Å². The standard InChI is InChI=1S/C14H22BrNO2/c1-10(2)13(17)6-7-16-9-11-8-12(15)4-5-14(11)18-3/h4-5,8,10,13,16-17H,6-7,9H2,1-3H3. The molecule has 0 aromatic heterocycles. The molecule has 2 N–H and O–H groups in total. The van der Waals surface area contributed by atoms with Crippen molar-refractivity contribution in [3.63, 3.8) is 0 Å². The number of methoxy groups -OCH3 is 1. The number of halogens is 1. The molecular formula is C14H22BrNO2. The van der Waals surface area contributed by atoms with Gasteiger partial charge in [0.2, 0.25) is 0 Å². The summed E-state index contributed by atoms with van der Waals surface area (Å²) in [5, 5.41) is 13.0. The Morgan fingerprint density at radius 3 is 2.72 bits per heavy atom. The van der Waals surface area contributed by atoms with Crippen LogP contribution in [0, 0.1) is 5.92 Å².